The monoisotopic (exact) mass is 305 g/mol. The van der Waals surface area contributed by atoms with Gasteiger partial charge in [-0.1, -0.05) is 6.07 Å². The van der Waals surface area contributed by atoms with Gasteiger partial charge in [0.2, 0.25) is 6.79 Å². The van der Waals surface area contributed by atoms with Gasteiger partial charge < -0.3 is 14.6 Å². The van der Waals surface area contributed by atoms with Crippen LogP contribution in [0.1, 0.15) is 17.2 Å². The molecule has 2 aromatic rings. The van der Waals surface area contributed by atoms with E-state index in [0.29, 0.717) is 12.3 Å². The van der Waals surface area contributed by atoms with Crippen LogP contribution in [-0.4, -0.2) is 29.8 Å². The van der Waals surface area contributed by atoms with E-state index in [0.717, 1.165) is 16.9 Å². The van der Waals surface area contributed by atoms with Crippen LogP contribution < -0.4 is 9.47 Å². The maximum absolute atomic E-state index is 11.5. The number of hydrogen-bond acceptors (Lipinski definition) is 5. The summed E-state index contributed by atoms with van der Waals surface area (Å²) in [7, 11) is 1.81. The molecule has 0 bridgehead atoms. The number of carbonyl (C=O) groups is 1. The maximum Gasteiger partial charge on any atom is 0.325 e. The first-order valence-electron chi connectivity index (χ1n) is 6.49. The molecule has 110 valence electrons. The number of nitrogens with zero attached hydrogens (tertiary/aromatic N) is 1. The van der Waals surface area contributed by atoms with Crippen LogP contribution in [0.25, 0.3) is 0 Å². The fourth-order valence-corrected chi connectivity index (χ4v) is 3.11. The van der Waals surface area contributed by atoms with Gasteiger partial charge in [0.25, 0.3) is 0 Å². The molecule has 0 fully saturated rings. The van der Waals surface area contributed by atoms with E-state index < -0.39 is 12.0 Å². The number of hydrogen-bond donors (Lipinski definition) is 1. The third-order valence-corrected chi connectivity index (χ3v) is 4.10. The highest BCUT2D eigenvalue weighted by Gasteiger charge is 2.25. The Kier molecular flexibility index (Phi) is 3.81. The molecule has 0 amide bonds. The predicted octanol–water partition coefficient (Wildman–Crippen LogP) is 2.73. The number of carboxylic acid groups (broad SMARTS) is 1. The van der Waals surface area contributed by atoms with Gasteiger partial charge in [0.05, 0.1) is 0 Å². The van der Waals surface area contributed by atoms with Crippen LogP contribution in [0.2, 0.25) is 0 Å². The summed E-state index contributed by atoms with van der Waals surface area (Å²) in [6, 6.07) is 6.87. The minimum Gasteiger partial charge on any atom is -0.480 e. The SMILES string of the molecule is CN(Cc1ccc2c(c1)OCO2)[C@@H](C(=O)O)c1ccsc1. The van der Waals surface area contributed by atoms with Crippen LogP contribution in [0.15, 0.2) is 35.0 Å². The lowest BCUT2D eigenvalue weighted by atomic mass is 10.1. The molecule has 1 aliphatic heterocycles. The van der Waals surface area contributed by atoms with Gasteiger partial charge >= 0.3 is 5.97 Å². The molecule has 0 saturated heterocycles. The average Bonchev–Trinajstić information content (AvgIpc) is 3.08. The molecule has 0 saturated carbocycles. The maximum atomic E-state index is 11.5. The number of benzene rings is 1. The standard InChI is InChI=1S/C15H15NO4S/c1-16(14(15(17)18)11-4-5-21-8-11)7-10-2-3-12-13(6-10)20-9-19-12/h2-6,8,14H,7,9H2,1H3,(H,17,18)/t14-/m1/s1. The van der Waals surface area contributed by atoms with Gasteiger partial charge in [0.1, 0.15) is 6.04 Å². The van der Waals surface area contributed by atoms with E-state index in [1.807, 2.05) is 39.9 Å². The zero-order valence-corrected chi connectivity index (χ0v) is 12.3. The van der Waals surface area contributed by atoms with Gasteiger partial charge in [-0.2, -0.15) is 11.3 Å². The van der Waals surface area contributed by atoms with E-state index in [4.69, 9.17) is 9.47 Å². The quantitative estimate of drug-likeness (QED) is 0.920. The van der Waals surface area contributed by atoms with Crippen molar-refractivity contribution in [2.24, 2.45) is 0 Å². The van der Waals surface area contributed by atoms with Crippen molar-refractivity contribution in [1.29, 1.82) is 0 Å². The van der Waals surface area contributed by atoms with Crippen LogP contribution in [0.5, 0.6) is 11.5 Å². The molecule has 5 nitrogen and oxygen atoms in total. The third-order valence-electron chi connectivity index (χ3n) is 3.40. The van der Waals surface area contributed by atoms with E-state index in [1.165, 1.54) is 11.3 Å². The largest absolute Gasteiger partial charge is 0.480 e. The minimum atomic E-state index is -0.850. The first kappa shape index (κ1) is 13.9. The molecule has 2 heterocycles. The second kappa shape index (κ2) is 5.75. The zero-order chi connectivity index (χ0) is 14.8. The lowest BCUT2D eigenvalue weighted by Gasteiger charge is -2.24. The fourth-order valence-electron chi connectivity index (χ4n) is 2.43. The Morgan fingerprint density at radius 1 is 1.38 bits per heavy atom. The van der Waals surface area contributed by atoms with E-state index >= 15 is 0 Å². The highest BCUT2D eigenvalue weighted by atomic mass is 32.1. The lowest BCUT2D eigenvalue weighted by molar-refractivity contribution is -0.143. The Bertz CT molecular complexity index is 641. The zero-order valence-electron chi connectivity index (χ0n) is 11.5. The highest BCUT2D eigenvalue weighted by molar-refractivity contribution is 7.08. The van der Waals surface area contributed by atoms with Crippen molar-refractivity contribution in [2.45, 2.75) is 12.6 Å². The third kappa shape index (κ3) is 2.86. The van der Waals surface area contributed by atoms with Crippen LogP contribution in [-0.2, 0) is 11.3 Å². The summed E-state index contributed by atoms with van der Waals surface area (Å²) in [5.41, 5.74) is 1.79. The number of ether oxygens (including phenoxy) is 2. The normalized spacial score (nSPS) is 14.4. The summed E-state index contributed by atoms with van der Waals surface area (Å²) >= 11 is 1.50. The van der Waals surface area contributed by atoms with E-state index in [1.54, 1.807) is 7.05 Å². The van der Waals surface area contributed by atoms with Crippen LogP contribution in [0.4, 0.5) is 0 Å². The van der Waals surface area contributed by atoms with Crippen molar-refractivity contribution in [2.75, 3.05) is 13.8 Å². The summed E-state index contributed by atoms with van der Waals surface area (Å²) in [5.74, 6) is 0.592. The van der Waals surface area contributed by atoms with Gasteiger partial charge in [-0.25, -0.2) is 0 Å². The van der Waals surface area contributed by atoms with Crippen molar-refractivity contribution in [3.8, 4) is 11.5 Å². The summed E-state index contributed by atoms with van der Waals surface area (Å²) < 4.78 is 10.6. The Hall–Kier alpha value is -2.05. The molecule has 1 aromatic carbocycles. The van der Waals surface area contributed by atoms with Crippen molar-refractivity contribution in [3.05, 3.63) is 46.2 Å². The first-order valence-corrected chi connectivity index (χ1v) is 7.43. The summed E-state index contributed by atoms with van der Waals surface area (Å²) in [6.07, 6.45) is 0. The van der Waals surface area contributed by atoms with Gasteiger partial charge in [-0.3, -0.25) is 9.69 Å². The van der Waals surface area contributed by atoms with Crippen molar-refractivity contribution >= 4 is 17.3 Å². The second-order valence-corrected chi connectivity index (χ2v) is 5.68. The number of aliphatic carboxylic acids is 1. The topological polar surface area (TPSA) is 59.0 Å². The molecule has 1 aliphatic rings. The van der Waals surface area contributed by atoms with Gasteiger partial charge in [-0.15, -0.1) is 0 Å². The Morgan fingerprint density at radius 3 is 2.90 bits per heavy atom. The Balaban J connectivity index is 1.78. The van der Waals surface area contributed by atoms with E-state index in [2.05, 4.69) is 0 Å². The molecular formula is C15H15NO4S. The molecular weight excluding hydrogens is 290 g/mol. The number of thiophene rings is 1. The van der Waals surface area contributed by atoms with E-state index in [-0.39, 0.29) is 6.79 Å². The number of fused-ring (bicyclic) bond motifs is 1. The Morgan fingerprint density at radius 2 is 2.19 bits per heavy atom. The van der Waals surface area contributed by atoms with Crippen molar-refractivity contribution in [3.63, 3.8) is 0 Å². The second-order valence-electron chi connectivity index (χ2n) is 4.90. The number of rotatable bonds is 5. The van der Waals surface area contributed by atoms with Gasteiger partial charge in [0, 0.05) is 6.54 Å². The fraction of sp³-hybridized carbons (Fsp3) is 0.267. The predicted molar refractivity (Wildman–Crippen MR) is 78.7 cm³/mol. The van der Waals surface area contributed by atoms with Crippen LogP contribution >= 0.6 is 11.3 Å². The summed E-state index contributed by atoms with van der Waals surface area (Å²) in [4.78, 5) is 13.3. The molecule has 0 spiro atoms. The smallest absolute Gasteiger partial charge is 0.325 e. The molecule has 0 unspecified atom stereocenters. The molecule has 0 radical (unpaired) electrons. The summed E-state index contributed by atoms with van der Waals surface area (Å²) in [5, 5.41) is 13.2. The van der Waals surface area contributed by atoms with Gasteiger partial charge in [0.15, 0.2) is 11.5 Å². The van der Waals surface area contributed by atoms with Crippen LogP contribution in [0, 0.1) is 0 Å². The molecule has 21 heavy (non-hydrogen) atoms. The number of carboxylic acids is 1. The van der Waals surface area contributed by atoms with Crippen molar-refractivity contribution in [1.82, 2.24) is 4.90 Å². The van der Waals surface area contributed by atoms with Crippen LogP contribution in [0.3, 0.4) is 0 Å². The lowest BCUT2D eigenvalue weighted by Crippen LogP contribution is -2.30. The summed E-state index contributed by atoms with van der Waals surface area (Å²) in [6.45, 7) is 0.755. The highest BCUT2D eigenvalue weighted by Crippen LogP contribution is 2.33. The molecule has 6 heteroatoms. The molecule has 1 N–H and O–H groups in total. The van der Waals surface area contributed by atoms with Gasteiger partial charge in [-0.05, 0) is 47.1 Å². The van der Waals surface area contributed by atoms with E-state index in [9.17, 15) is 9.90 Å². The van der Waals surface area contributed by atoms with Crippen molar-refractivity contribution < 1.29 is 19.4 Å². The molecule has 1 atom stereocenters. The molecule has 3 rings (SSSR count). The molecule has 0 aliphatic carbocycles. The minimum absolute atomic E-state index is 0.237. The Labute approximate surface area is 126 Å². The average molecular weight is 305 g/mol. The molecule has 1 aromatic heterocycles. The first-order chi connectivity index (χ1) is 10.1. The number of likely N-dealkylation sites (N-methyl/N-ethyl adjacent to an activating group) is 1.